The second-order valence-corrected chi connectivity index (χ2v) is 3.31. The second-order valence-electron chi connectivity index (χ2n) is 2.50. The largest absolute Gasteiger partial charge is 0.366 e. The zero-order chi connectivity index (χ0) is 9.84. The van der Waals surface area contributed by atoms with Crippen molar-refractivity contribution < 1.29 is 0 Å². The number of hydrogen-bond donors (Lipinski definition) is 2. The first-order valence-electron chi connectivity index (χ1n) is 3.77. The van der Waals surface area contributed by atoms with E-state index < -0.39 is 0 Å². The lowest BCUT2D eigenvalue weighted by Crippen LogP contribution is -2.32. The molecule has 1 rings (SSSR count). The van der Waals surface area contributed by atoms with Gasteiger partial charge in [-0.2, -0.15) is 5.10 Å². The SMILES string of the molecule is CNC(=S)NCc1c(Cl)cnn1C. The van der Waals surface area contributed by atoms with Crippen LogP contribution in [0.25, 0.3) is 0 Å². The van der Waals surface area contributed by atoms with E-state index in [2.05, 4.69) is 15.7 Å². The van der Waals surface area contributed by atoms with Gasteiger partial charge in [-0.05, 0) is 12.2 Å². The van der Waals surface area contributed by atoms with Gasteiger partial charge in [-0.3, -0.25) is 4.68 Å². The third-order valence-electron chi connectivity index (χ3n) is 1.65. The monoisotopic (exact) mass is 218 g/mol. The minimum Gasteiger partial charge on any atom is -0.366 e. The van der Waals surface area contributed by atoms with E-state index in [1.807, 2.05) is 7.05 Å². The summed E-state index contributed by atoms with van der Waals surface area (Å²) < 4.78 is 1.72. The Morgan fingerprint density at radius 3 is 2.92 bits per heavy atom. The van der Waals surface area contributed by atoms with Crippen LogP contribution in [0, 0.1) is 0 Å². The molecule has 0 saturated carbocycles. The summed E-state index contributed by atoms with van der Waals surface area (Å²) in [5.41, 5.74) is 0.916. The van der Waals surface area contributed by atoms with Gasteiger partial charge in [-0.1, -0.05) is 11.6 Å². The average molecular weight is 219 g/mol. The average Bonchev–Trinajstić information content (AvgIpc) is 2.43. The van der Waals surface area contributed by atoms with Crippen LogP contribution in [0.5, 0.6) is 0 Å². The smallest absolute Gasteiger partial charge is 0.166 e. The van der Waals surface area contributed by atoms with Gasteiger partial charge in [0.25, 0.3) is 0 Å². The molecule has 0 aromatic carbocycles. The Bertz CT molecular complexity index is 290. The molecule has 72 valence electrons. The Labute approximate surface area is 87.3 Å². The number of aryl methyl sites for hydroxylation is 1. The number of halogens is 1. The fourth-order valence-electron chi connectivity index (χ4n) is 0.887. The molecule has 1 heterocycles. The van der Waals surface area contributed by atoms with Crippen LogP contribution in [-0.2, 0) is 13.6 Å². The Hall–Kier alpha value is -0.810. The maximum absolute atomic E-state index is 5.88. The van der Waals surface area contributed by atoms with E-state index in [1.165, 1.54) is 0 Å². The minimum absolute atomic E-state index is 0.578. The van der Waals surface area contributed by atoms with Crippen molar-refractivity contribution in [2.24, 2.45) is 7.05 Å². The lowest BCUT2D eigenvalue weighted by molar-refractivity contribution is 0.691. The number of nitrogens with one attached hydrogen (secondary N) is 2. The Morgan fingerprint density at radius 2 is 2.46 bits per heavy atom. The standard InChI is InChI=1S/C7H11ClN4S/c1-9-7(13)10-4-6-5(8)3-11-12(6)2/h3H,4H2,1-2H3,(H2,9,10,13). The van der Waals surface area contributed by atoms with Crippen molar-refractivity contribution in [3.63, 3.8) is 0 Å². The molecule has 0 spiro atoms. The highest BCUT2D eigenvalue weighted by Gasteiger charge is 2.05. The molecule has 0 aliphatic heterocycles. The van der Waals surface area contributed by atoms with Crippen molar-refractivity contribution in [1.29, 1.82) is 0 Å². The molecule has 0 atom stereocenters. The van der Waals surface area contributed by atoms with Gasteiger partial charge in [0.05, 0.1) is 23.5 Å². The van der Waals surface area contributed by atoms with Crippen molar-refractivity contribution in [2.45, 2.75) is 6.54 Å². The molecule has 2 N–H and O–H groups in total. The first-order chi connectivity index (χ1) is 6.15. The topological polar surface area (TPSA) is 41.9 Å². The molecule has 0 amide bonds. The number of aromatic nitrogens is 2. The molecule has 0 unspecified atom stereocenters. The van der Waals surface area contributed by atoms with Crippen molar-refractivity contribution in [1.82, 2.24) is 20.4 Å². The van der Waals surface area contributed by atoms with E-state index in [0.29, 0.717) is 16.7 Å². The molecule has 0 fully saturated rings. The highest BCUT2D eigenvalue weighted by molar-refractivity contribution is 7.80. The fourth-order valence-corrected chi connectivity index (χ4v) is 1.19. The van der Waals surface area contributed by atoms with Crippen LogP contribution >= 0.6 is 23.8 Å². The first-order valence-corrected chi connectivity index (χ1v) is 4.55. The summed E-state index contributed by atoms with van der Waals surface area (Å²) >= 11 is 10.8. The molecule has 0 bridgehead atoms. The number of hydrogen-bond acceptors (Lipinski definition) is 2. The zero-order valence-corrected chi connectivity index (χ0v) is 9.04. The molecule has 0 aliphatic rings. The molecule has 0 aliphatic carbocycles. The molecule has 4 nitrogen and oxygen atoms in total. The summed E-state index contributed by atoms with van der Waals surface area (Å²) in [7, 11) is 3.60. The van der Waals surface area contributed by atoms with Crippen LogP contribution in [0.4, 0.5) is 0 Å². The summed E-state index contributed by atoms with van der Waals surface area (Å²) in [4.78, 5) is 0. The van der Waals surface area contributed by atoms with Crippen molar-refractivity contribution >= 4 is 28.9 Å². The number of thiocarbonyl (C=S) groups is 1. The molecule has 0 saturated heterocycles. The first kappa shape index (κ1) is 10.3. The maximum Gasteiger partial charge on any atom is 0.166 e. The second kappa shape index (κ2) is 4.43. The molecule has 0 radical (unpaired) electrons. The van der Waals surface area contributed by atoms with E-state index >= 15 is 0 Å². The predicted octanol–water partition coefficient (Wildman–Crippen LogP) is 0.667. The zero-order valence-electron chi connectivity index (χ0n) is 7.47. The third kappa shape index (κ3) is 2.57. The highest BCUT2D eigenvalue weighted by Crippen LogP contribution is 2.12. The van der Waals surface area contributed by atoms with Gasteiger partial charge in [0.1, 0.15) is 0 Å². The summed E-state index contributed by atoms with van der Waals surface area (Å²) in [5.74, 6) is 0. The van der Waals surface area contributed by atoms with Gasteiger partial charge in [-0.15, -0.1) is 0 Å². The third-order valence-corrected chi connectivity index (χ3v) is 2.32. The Balaban J connectivity index is 2.58. The molecular formula is C7H11ClN4S. The van der Waals surface area contributed by atoms with Gasteiger partial charge < -0.3 is 10.6 Å². The lowest BCUT2D eigenvalue weighted by Gasteiger charge is -2.07. The van der Waals surface area contributed by atoms with Gasteiger partial charge in [-0.25, -0.2) is 0 Å². The fraction of sp³-hybridized carbons (Fsp3) is 0.429. The maximum atomic E-state index is 5.88. The summed E-state index contributed by atoms with van der Waals surface area (Å²) in [6.07, 6.45) is 1.61. The summed E-state index contributed by atoms with van der Waals surface area (Å²) in [6.45, 7) is 0.578. The van der Waals surface area contributed by atoms with Crippen molar-refractivity contribution in [3.8, 4) is 0 Å². The van der Waals surface area contributed by atoms with Crippen molar-refractivity contribution in [3.05, 3.63) is 16.9 Å². The normalized spacial score (nSPS) is 9.77. The Kier molecular flexibility index (Phi) is 3.50. The molecule has 6 heteroatoms. The number of rotatable bonds is 2. The van der Waals surface area contributed by atoms with E-state index in [0.717, 1.165) is 5.69 Å². The van der Waals surface area contributed by atoms with Crippen LogP contribution in [0.3, 0.4) is 0 Å². The van der Waals surface area contributed by atoms with Crippen LogP contribution in [-0.4, -0.2) is 21.9 Å². The van der Waals surface area contributed by atoms with Gasteiger partial charge in [0.15, 0.2) is 5.11 Å². The molecule has 1 aromatic rings. The van der Waals surface area contributed by atoms with Gasteiger partial charge in [0.2, 0.25) is 0 Å². The lowest BCUT2D eigenvalue weighted by atomic mass is 10.4. The quantitative estimate of drug-likeness (QED) is 0.717. The molecule has 1 aromatic heterocycles. The van der Waals surface area contributed by atoms with Crippen LogP contribution < -0.4 is 10.6 Å². The number of nitrogens with zero attached hydrogens (tertiary/aromatic N) is 2. The summed E-state index contributed by atoms with van der Waals surface area (Å²) in [6, 6.07) is 0. The molecular weight excluding hydrogens is 208 g/mol. The van der Waals surface area contributed by atoms with Crippen LogP contribution in [0.1, 0.15) is 5.69 Å². The van der Waals surface area contributed by atoms with E-state index in [9.17, 15) is 0 Å². The molecule has 13 heavy (non-hydrogen) atoms. The Morgan fingerprint density at radius 1 is 1.77 bits per heavy atom. The van der Waals surface area contributed by atoms with Gasteiger partial charge >= 0.3 is 0 Å². The highest BCUT2D eigenvalue weighted by atomic mass is 35.5. The predicted molar refractivity (Wildman–Crippen MR) is 56.7 cm³/mol. The van der Waals surface area contributed by atoms with Gasteiger partial charge in [0, 0.05) is 14.1 Å². The van der Waals surface area contributed by atoms with Crippen molar-refractivity contribution in [2.75, 3.05) is 7.05 Å². The van der Waals surface area contributed by atoms with E-state index in [-0.39, 0.29) is 0 Å². The van der Waals surface area contributed by atoms with E-state index in [4.69, 9.17) is 23.8 Å². The summed E-state index contributed by atoms with van der Waals surface area (Å²) in [5, 5.41) is 11.0. The minimum atomic E-state index is 0.578. The van der Waals surface area contributed by atoms with Crippen LogP contribution in [0.15, 0.2) is 6.20 Å². The van der Waals surface area contributed by atoms with Crippen LogP contribution in [0.2, 0.25) is 5.02 Å². The van der Waals surface area contributed by atoms with E-state index in [1.54, 1.807) is 17.9 Å².